The first-order valence-electron chi connectivity index (χ1n) is 9.84. The van der Waals surface area contributed by atoms with E-state index in [0.29, 0.717) is 11.3 Å². The van der Waals surface area contributed by atoms with Crippen molar-refractivity contribution in [1.29, 1.82) is 0 Å². The molecular formula is C20H26N4S. The Morgan fingerprint density at radius 3 is 2.60 bits per heavy atom. The van der Waals surface area contributed by atoms with Crippen molar-refractivity contribution in [3.63, 3.8) is 0 Å². The molecule has 4 nitrogen and oxygen atoms in total. The van der Waals surface area contributed by atoms with E-state index in [-0.39, 0.29) is 0 Å². The summed E-state index contributed by atoms with van der Waals surface area (Å²) in [4.78, 5) is 2.47. The molecule has 132 valence electrons. The van der Waals surface area contributed by atoms with Crippen molar-refractivity contribution in [2.24, 2.45) is 0 Å². The molecule has 0 amide bonds. The van der Waals surface area contributed by atoms with Crippen LogP contribution < -0.4 is 4.90 Å². The van der Waals surface area contributed by atoms with Gasteiger partial charge in [-0.2, -0.15) is 0 Å². The molecule has 1 saturated carbocycles. The smallest absolute Gasteiger partial charge is 0.228 e. The van der Waals surface area contributed by atoms with Crippen LogP contribution in [0.3, 0.4) is 0 Å². The first-order valence-corrected chi connectivity index (χ1v) is 10.7. The molecule has 1 unspecified atom stereocenters. The highest BCUT2D eigenvalue weighted by atomic mass is 32.2. The Hall–Kier alpha value is -1.49. The van der Waals surface area contributed by atoms with Gasteiger partial charge >= 0.3 is 0 Å². The van der Waals surface area contributed by atoms with E-state index in [2.05, 4.69) is 43.9 Å². The molecule has 2 aromatic rings. The third kappa shape index (κ3) is 3.07. The molecule has 1 aromatic heterocycles. The van der Waals surface area contributed by atoms with Gasteiger partial charge in [-0.05, 0) is 62.5 Å². The molecule has 0 radical (unpaired) electrons. The molecule has 0 N–H and O–H groups in total. The Labute approximate surface area is 154 Å². The highest BCUT2D eigenvalue weighted by molar-refractivity contribution is 7.99. The molecule has 0 spiro atoms. The van der Waals surface area contributed by atoms with Crippen molar-refractivity contribution >= 4 is 17.7 Å². The molecule has 1 aromatic carbocycles. The summed E-state index contributed by atoms with van der Waals surface area (Å²) in [7, 11) is 0. The SMILES string of the molecule is c1ccc2c(c1)CCCC2Sc1nnc(N2CCCCC2)n1C1CC1. The second-order valence-electron chi connectivity index (χ2n) is 7.63. The minimum absolute atomic E-state index is 0.529. The number of thioether (sulfide) groups is 1. The van der Waals surface area contributed by atoms with E-state index in [4.69, 9.17) is 0 Å². The van der Waals surface area contributed by atoms with E-state index >= 15 is 0 Å². The molecule has 2 fully saturated rings. The van der Waals surface area contributed by atoms with Gasteiger partial charge in [0.05, 0.1) is 0 Å². The highest BCUT2D eigenvalue weighted by Gasteiger charge is 2.33. The number of hydrogen-bond donors (Lipinski definition) is 0. The van der Waals surface area contributed by atoms with Crippen LogP contribution in [0.1, 0.15) is 67.4 Å². The highest BCUT2D eigenvalue weighted by Crippen LogP contribution is 2.47. The summed E-state index contributed by atoms with van der Waals surface area (Å²) in [5.41, 5.74) is 3.05. The van der Waals surface area contributed by atoms with E-state index in [9.17, 15) is 0 Å². The number of fused-ring (bicyclic) bond motifs is 1. The average Bonchev–Trinajstić information content (AvgIpc) is 3.43. The van der Waals surface area contributed by atoms with Crippen molar-refractivity contribution in [1.82, 2.24) is 14.8 Å². The predicted molar refractivity (Wildman–Crippen MR) is 102 cm³/mol. The lowest BCUT2D eigenvalue weighted by Gasteiger charge is -2.28. The summed E-state index contributed by atoms with van der Waals surface area (Å²) in [6.07, 6.45) is 10.3. The van der Waals surface area contributed by atoms with Crippen molar-refractivity contribution < 1.29 is 0 Å². The van der Waals surface area contributed by atoms with Gasteiger partial charge in [0.2, 0.25) is 5.95 Å². The van der Waals surface area contributed by atoms with Crippen LogP contribution in [0.2, 0.25) is 0 Å². The maximum absolute atomic E-state index is 4.65. The second-order valence-corrected chi connectivity index (χ2v) is 8.80. The lowest BCUT2D eigenvalue weighted by atomic mass is 9.91. The van der Waals surface area contributed by atoms with E-state index in [1.54, 1.807) is 0 Å². The Morgan fingerprint density at radius 1 is 0.920 bits per heavy atom. The fraction of sp³-hybridized carbons (Fsp3) is 0.600. The van der Waals surface area contributed by atoms with E-state index in [1.165, 1.54) is 62.5 Å². The fourth-order valence-electron chi connectivity index (χ4n) is 4.27. The Kier molecular flexibility index (Phi) is 4.20. The molecule has 1 atom stereocenters. The molecule has 2 aliphatic carbocycles. The predicted octanol–water partition coefficient (Wildman–Crippen LogP) is 4.77. The molecule has 25 heavy (non-hydrogen) atoms. The fourth-order valence-corrected chi connectivity index (χ4v) is 5.60. The van der Waals surface area contributed by atoms with Crippen LogP contribution in [0.4, 0.5) is 5.95 Å². The van der Waals surface area contributed by atoms with Crippen LogP contribution >= 0.6 is 11.8 Å². The van der Waals surface area contributed by atoms with Gasteiger partial charge in [-0.15, -0.1) is 10.2 Å². The number of rotatable bonds is 4. The summed E-state index contributed by atoms with van der Waals surface area (Å²) in [5.74, 6) is 1.13. The zero-order valence-electron chi connectivity index (χ0n) is 14.7. The lowest BCUT2D eigenvalue weighted by molar-refractivity contribution is 0.548. The van der Waals surface area contributed by atoms with Crippen LogP contribution in [-0.4, -0.2) is 27.9 Å². The van der Waals surface area contributed by atoms with E-state index in [1.807, 2.05) is 11.8 Å². The summed E-state index contributed by atoms with van der Waals surface area (Å²) in [6, 6.07) is 9.60. The Balaban J connectivity index is 1.44. The molecule has 1 aliphatic heterocycles. The number of aryl methyl sites for hydroxylation is 1. The zero-order chi connectivity index (χ0) is 16.6. The van der Waals surface area contributed by atoms with Crippen LogP contribution in [0, 0.1) is 0 Å². The van der Waals surface area contributed by atoms with Gasteiger partial charge in [-0.25, -0.2) is 0 Å². The third-order valence-corrected chi connectivity index (χ3v) is 7.02. The molecule has 5 rings (SSSR count). The third-order valence-electron chi connectivity index (χ3n) is 5.76. The molecule has 1 saturated heterocycles. The maximum atomic E-state index is 4.65. The average molecular weight is 355 g/mol. The number of aromatic nitrogens is 3. The number of benzene rings is 1. The van der Waals surface area contributed by atoms with Crippen molar-refractivity contribution in [2.75, 3.05) is 18.0 Å². The van der Waals surface area contributed by atoms with Gasteiger partial charge in [0.1, 0.15) is 0 Å². The second kappa shape index (κ2) is 6.67. The standard InChI is InChI=1S/C20H26N4S/c1-4-13-23(14-5-1)19-21-22-20(24(19)16-11-12-16)25-18-10-6-8-15-7-2-3-9-17(15)18/h2-3,7,9,16,18H,1,4-6,8,10-14H2. The molecule has 3 aliphatic rings. The molecule has 5 heteroatoms. The minimum atomic E-state index is 0.529. The lowest BCUT2D eigenvalue weighted by Crippen LogP contribution is -2.32. The molecular weight excluding hydrogens is 328 g/mol. The quantitative estimate of drug-likeness (QED) is 0.792. The van der Waals surface area contributed by atoms with Crippen LogP contribution in [-0.2, 0) is 6.42 Å². The monoisotopic (exact) mass is 354 g/mol. The topological polar surface area (TPSA) is 34.0 Å². The molecule has 0 bridgehead atoms. The van der Waals surface area contributed by atoms with Gasteiger partial charge < -0.3 is 4.90 Å². The normalized spacial score (nSPS) is 23.5. The van der Waals surface area contributed by atoms with Crippen molar-refractivity contribution in [3.05, 3.63) is 35.4 Å². The van der Waals surface area contributed by atoms with Gasteiger partial charge in [0.15, 0.2) is 5.16 Å². The van der Waals surface area contributed by atoms with E-state index < -0.39 is 0 Å². The van der Waals surface area contributed by atoms with Crippen molar-refractivity contribution in [3.8, 4) is 0 Å². The van der Waals surface area contributed by atoms with Crippen molar-refractivity contribution in [2.45, 2.75) is 67.8 Å². The number of piperidine rings is 1. The van der Waals surface area contributed by atoms with Gasteiger partial charge in [-0.1, -0.05) is 36.0 Å². The first-order chi connectivity index (χ1) is 12.4. The first kappa shape index (κ1) is 15.7. The van der Waals surface area contributed by atoms with Crippen LogP contribution in [0.5, 0.6) is 0 Å². The van der Waals surface area contributed by atoms with Gasteiger partial charge in [-0.3, -0.25) is 4.57 Å². The minimum Gasteiger partial charge on any atom is -0.341 e. The maximum Gasteiger partial charge on any atom is 0.228 e. The number of anilines is 1. The molecule has 2 heterocycles. The zero-order valence-corrected chi connectivity index (χ0v) is 15.5. The van der Waals surface area contributed by atoms with E-state index in [0.717, 1.165) is 24.2 Å². The number of nitrogens with zero attached hydrogens (tertiary/aromatic N) is 4. The summed E-state index contributed by atoms with van der Waals surface area (Å²) >= 11 is 1.95. The van der Waals surface area contributed by atoms with Gasteiger partial charge in [0, 0.05) is 24.4 Å². The van der Waals surface area contributed by atoms with Gasteiger partial charge in [0.25, 0.3) is 0 Å². The van der Waals surface area contributed by atoms with Crippen LogP contribution in [0.25, 0.3) is 0 Å². The summed E-state index contributed by atoms with van der Waals surface area (Å²) in [6.45, 7) is 2.28. The Morgan fingerprint density at radius 2 is 1.76 bits per heavy atom. The Bertz CT molecular complexity index is 746. The summed E-state index contributed by atoms with van der Waals surface area (Å²) < 4.78 is 2.47. The largest absolute Gasteiger partial charge is 0.341 e. The van der Waals surface area contributed by atoms with Crippen LogP contribution in [0.15, 0.2) is 29.4 Å². The summed E-state index contributed by atoms with van der Waals surface area (Å²) in [5, 5.41) is 11.0. The number of hydrogen-bond acceptors (Lipinski definition) is 4.